The van der Waals surface area contributed by atoms with Crippen LogP contribution >= 0.6 is 0 Å². The monoisotopic (exact) mass is 382 g/mol. The van der Waals surface area contributed by atoms with Crippen LogP contribution in [0, 0.1) is 11.6 Å². The summed E-state index contributed by atoms with van der Waals surface area (Å²) in [7, 11) is 0. The number of rotatable bonds is 8. The van der Waals surface area contributed by atoms with Gasteiger partial charge in [0.1, 0.15) is 17.4 Å². The average Bonchev–Trinajstić information content (AvgIpc) is 2.70. The van der Waals surface area contributed by atoms with E-state index in [-0.39, 0.29) is 23.3 Å². The number of aromatic hydroxyl groups is 1. The molecule has 2 N–H and O–H groups in total. The van der Waals surface area contributed by atoms with E-state index >= 15 is 0 Å². The molecule has 3 aromatic carbocycles. The maximum absolute atomic E-state index is 13.1. The Morgan fingerprint density at radius 1 is 0.643 bits per heavy atom. The van der Waals surface area contributed by atoms with Crippen molar-refractivity contribution in [3.8, 4) is 5.75 Å². The summed E-state index contributed by atoms with van der Waals surface area (Å²) in [6.07, 6.45) is 2.25. The average molecular weight is 382 g/mol. The van der Waals surface area contributed by atoms with Crippen molar-refractivity contribution < 1.29 is 19.0 Å². The van der Waals surface area contributed by atoms with Gasteiger partial charge in [-0.1, -0.05) is 36.4 Å². The SMILES string of the molecule is Oc1ccc([C@@H](CCc2ccc(F)cc2)CC[C@@H](O)c2ccc(F)cc2)cc1. The fourth-order valence-corrected chi connectivity index (χ4v) is 3.43. The van der Waals surface area contributed by atoms with E-state index in [1.165, 1.54) is 24.3 Å². The summed E-state index contributed by atoms with van der Waals surface area (Å²) in [5, 5.41) is 20.0. The number of benzene rings is 3. The number of phenols is 1. The van der Waals surface area contributed by atoms with Crippen molar-refractivity contribution >= 4 is 0 Å². The zero-order chi connectivity index (χ0) is 19.9. The Bertz CT molecular complexity index is 859. The van der Waals surface area contributed by atoms with Crippen LogP contribution in [0.25, 0.3) is 0 Å². The Balaban J connectivity index is 1.67. The fraction of sp³-hybridized carbons (Fsp3) is 0.250. The van der Waals surface area contributed by atoms with E-state index in [0.717, 1.165) is 30.4 Å². The first-order valence-corrected chi connectivity index (χ1v) is 9.48. The Hall–Kier alpha value is -2.72. The van der Waals surface area contributed by atoms with Gasteiger partial charge in [-0.15, -0.1) is 0 Å². The molecule has 0 saturated heterocycles. The molecule has 3 rings (SSSR count). The standard InChI is InChI=1S/C24H24F2O2/c25-21-10-2-17(3-11-21)1-4-18(19-7-14-23(27)15-8-19)9-16-24(28)20-5-12-22(26)13-6-20/h2-3,5-8,10-15,18,24,27-28H,1,4,9,16H2/t18-,24+/m0/s1. The van der Waals surface area contributed by atoms with E-state index in [9.17, 15) is 19.0 Å². The van der Waals surface area contributed by atoms with Crippen LogP contribution in [0.4, 0.5) is 8.78 Å². The lowest BCUT2D eigenvalue weighted by Crippen LogP contribution is -2.05. The van der Waals surface area contributed by atoms with Crippen LogP contribution < -0.4 is 0 Å². The van der Waals surface area contributed by atoms with E-state index in [0.29, 0.717) is 12.0 Å². The summed E-state index contributed by atoms with van der Waals surface area (Å²) in [6.45, 7) is 0. The molecule has 0 aliphatic heterocycles. The third kappa shape index (κ3) is 5.64. The highest BCUT2D eigenvalue weighted by Crippen LogP contribution is 2.31. The molecule has 0 unspecified atom stereocenters. The Morgan fingerprint density at radius 2 is 1.18 bits per heavy atom. The largest absolute Gasteiger partial charge is 0.508 e. The van der Waals surface area contributed by atoms with Gasteiger partial charge in [0.2, 0.25) is 0 Å². The maximum atomic E-state index is 13.1. The number of hydrogen-bond donors (Lipinski definition) is 2. The third-order valence-corrected chi connectivity index (χ3v) is 5.10. The second-order valence-corrected chi connectivity index (χ2v) is 7.10. The van der Waals surface area contributed by atoms with Gasteiger partial charge in [-0.3, -0.25) is 0 Å². The molecule has 0 amide bonds. The molecule has 0 heterocycles. The first-order valence-electron chi connectivity index (χ1n) is 9.48. The van der Waals surface area contributed by atoms with Gasteiger partial charge in [-0.05, 0) is 84.7 Å². The first kappa shape index (κ1) is 20.0. The summed E-state index contributed by atoms with van der Waals surface area (Å²) in [5.41, 5.74) is 2.85. The molecule has 0 aliphatic rings. The van der Waals surface area contributed by atoms with Gasteiger partial charge in [0.25, 0.3) is 0 Å². The molecule has 4 heteroatoms. The zero-order valence-electron chi connectivity index (χ0n) is 15.6. The Labute approximate surface area is 164 Å². The van der Waals surface area contributed by atoms with Crippen LogP contribution in [-0.2, 0) is 6.42 Å². The number of halogens is 2. The number of hydrogen-bond acceptors (Lipinski definition) is 2. The van der Waals surface area contributed by atoms with Gasteiger partial charge in [0, 0.05) is 0 Å². The number of aryl methyl sites for hydroxylation is 1. The third-order valence-electron chi connectivity index (χ3n) is 5.10. The fourth-order valence-electron chi connectivity index (χ4n) is 3.43. The lowest BCUT2D eigenvalue weighted by molar-refractivity contribution is 0.160. The van der Waals surface area contributed by atoms with Crippen molar-refractivity contribution in [1.29, 1.82) is 0 Å². The summed E-state index contributed by atoms with van der Waals surface area (Å²) < 4.78 is 26.2. The molecule has 0 aromatic heterocycles. The molecular weight excluding hydrogens is 358 g/mol. The van der Waals surface area contributed by atoms with Crippen molar-refractivity contribution in [1.82, 2.24) is 0 Å². The highest BCUT2D eigenvalue weighted by molar-refractivity contribution is 5.29. The smallest absolute Gasteiger partial charge is 0.123 e. The molecule has 0 aliphatic carbocycles. The van der Waals surface area contributed by atoms with Gasteiger partial charge >= 0.3 is 0 Å². The molecule has 0 spiro atoms. The van der Waals surface area contributed by atoms with Crippen LogP contribution in [-0.4, -0.2) is 10.2 Å². The predicted octanol–water partition coefficient (Wildman–Crippen LogP) is 5.90. The van der Waals surface area contributed by atoms with E-state index in [4.69, 9.17) is 0 Å². The molecule has 146 valence electrons. The van der Waals surface area contributed by atoms with Crippen LogP contribution in [0.3, 0.4) is 0 Å². The molecule has 0 bridgehead atoms. The van der Waals surface area contributed by atoms with Crippen molar-refractivity contribution in [2.24, 2.45) is 0 Å². The van der Waals surface area contributed by atoms with Crippen molar-refractivity contribution in [2.45, 2.75) is 37.7 Å². The van der Waals surface area contributed by atoms with Crippen LogP contribution in [0.2, 0.25) is 0 Å². The molecule has 3 aromatic rings. The molecule has 0 radical (unpaired) electrons. The van der Waals surface area contributed by atoms with Crippen molar-refractivity contribution in [3.63, 3.8) is 0 Å². The van der Waals surface area contributed by atoms with Crippen LogP contribution in [0.1, 0.15) is 48.0 Å². The van der Waals surface area contributed by atoms with E-state index < -0.39 is 6.10 Å². The lowest BCUT2D eigenvalue weighted by Gasteiger charge is -2.20. The van der Waals surface area contributed by atoms with Gasteiger partial charge < -0.3 is 10.2 Å². The summed E-state index contributed by atoms with van der Waals surface area (Å²) in [5.74, 6) is -0.174. The highest BCUT2D eigenvalue weighted by Gasteiger charge is 2.16. The lowest BCUT2D eigenvalue weighted by atomic mass is 9.87. The predicted molar refractivity (Wildman–Crippen MR) is 106 cm³/mol. The molecule has 28 heavy (non-hydrogen) atoms. The summed E-state index contributed by atoms with van der Waals surface area (Å²) in [4.78, 5) is 0. The molecule has 2 atom stereocenters. The summed E-state index contributed by atoms with van der Waals surface area (Å²) >= 11 is 0. The van der Waals surface area contributed by atoms with Gasteiger partial charge in [0.05, 0.1) is 6.10 Å². The van der Waals surface area contributed by atoms with Gasteiger partial charge in [-0.25, -0.2) is 8.78 Å². The quantitative estimate of drug-likeness (QED) is 0.509. The second-order valence-electron chi connectivity index (χ2n) is 7.10. The highest BCUT2D eigenvalue weighted by atomic mass is 19.1. The minimum absolute atomic E-state index is 0.181. The van der Waals surface area contributed by atoms with Crippen molar-refractivity contribution in [3.05, 3.63) is 101 Å². The van der Waals surface area contributed by atoms with Crippen LogP contribution in [0.5, 0.6) is 5.75 Å². The Morgan fingerprint density at radius 3 is 1.79 bits per heavy atom. The number of aliphatic hydroxyl groups excluding tert-OH is 1. The molecule has 0 saturated carbocycles. The first-order chi connectivity index (χ1) is 13.5. The van der Waals surface area contributed by atoms with E-state index in [1.54, 1.807) is 36.4 Å². The van der Waals surface area contributed by atoms with Crippen molar-refractivity contribution in [2.75, 3.05) is 0 Å². The van der Waals surface area contributed by atoms with Gasteiger partial charge in [-0.2, -0.15) is 0 Å². The summed E-state index contributed by atoms with van der Waals surface area (Å²) in [6, 6.07) is 19.5. The Kier molecular flexibility index (Phi) is 6.77. The van der Waals surface area contributed by atoms with E-state index in [2.05, 4.69) is 0 Å². The number of phenolic OH excluding ortho intramolecular Hbond substituents is 1. The van der Waals surface area contributed by atoms with E-state index in [1.807, 2.05) is 12.1 Å². The second kappa shape index (κ2) is 9.47. The number of aliphatic hydroxyl groups is 1. The normalized spacial score (nSPS) is 13.2. The zero-order valence-corrected chi connectivity index (χ0v) is 15.6. The van der Waals surface area contributed by atoms with Gasteiger partial charge in [0.15, 0.2) is 0 Å². The molecular formula is C24H24F2O2. The maximum Gasteiger partial charge on any atom is 0.123 e. The molecule has 2 nitrogen and oxygen atoms in total. The minimum Gasteiger partial charge on any atom is -0.508 e. The van der Waals surface area contributed by atoms with Crippen LogP contribution in [0.15, 0.2) is 72.8 Å². The molecule has 0 fully saturated rings. The minimum atomic E-state index is -0.661. The topological polar surface area (TPSA) is 40.5 Å².